The summed E-state index contributed by atoms with van der Waals surface area (Å²) in [6.45, 7) is 3.98. The maximum Gasteiger partial charge on any atom is 0.317 e. The Morgan fingerprint density at radius 3 is 2.79 bits per heavy atom. The van der Waals surface area contributed by atoms with E-state index in [1.807, 2.05) is 32.1 Å². The quantitative estimate of drug-likeness (QED) is 0.603. The number of aryl methyl sites for hydroxylation is 1. The molecule has 2 aromatic rings. The number of carbonyl (C=O) groups is 1. The number of hydrogen-bond donors (Lipinski definition) is 2. The van der Waals surface area contributed by atoms with Crippen LogP contribution in [-0.2, 0) is 26.6 Å². The highest BCUT2D eigenvalue weighted by molar-refractivity contribution is 7.92. The number of aliphatic hydroxyl groups excluding tert-OH is 1. The number of nitrogens with zero attached hydrogens (tertiary/aromatic N) is 2. The number of esters is 1. The molecule has 34 heavy (non-hydrogen) atoms. The predicted molar refractivity (Wildman–Crippen MR) is 128 cm³/mol. The molecule has 0 amide bonds. The molecule has 1 aromatic carbocycles. The van der Waals surface area contributed by atoms with E-state index in [0.717, 1.165) is 24.8 Å². The molecule has 9 heteroatoms. The van der Waals surface area contributed by atoms with Crippen molar-refractivity contribution in [1.29, 1.82) is 0 Å². The van der Waals surface area contributed by atoms with Crippen LogP contribution in [0, 0.1) is 17.8 Å². The minimum atomic E-state index is -3.86. The van der Waals surface area contributed by atoms with Crippen LogP contribution in [0.4, 0.5) is 5.69 Å². The molecule has 2 aliphatic rings. The molecular weight excluding hydrogens is 454 g/mol. The van der Waals surface area contributed by atoms with Gasteiger partial charge in [-0.15, -0.1) is 0 Å². The molecule has 2 N–H and O–H groups in total. The van der Waals surface area contributed by atoms with Gasteiger partial charge >= 0.3 is 5.97 Å². The second kappa shape index (κ2) is 9.76. The molecule has 8 nitrogen and oxygen atoms in total. The van der Waals surface area contributed by atoms with Gasteiger partial charge in [-0.05, 0) is 49.0 Å². The molecule has 182 valence electrons. The molecule has 4 atom stereocenters. The number of benzene rings is 1. The minimum Gasteiger partial charge on any atom is -0.430 e. The van der Waals surface area contributed by atoms with Crippen LogP contribution in [0.3, 0.4) is 0 Å². The van der Waals surface area contributed by atoms with Crippen molar-refractivity contribution < 1.29 is 23.1 Å². The highest BCUT2D eigenvalue weighted by atomic mass is 32.2. The van der Waals surface area contributed by atoms with E-state index in [9.17, 15) is 18.3 Å². The van der Waals surface area contributed by atoms with Gasteiger partial charge in [0.25, 0.3) is 10.0 Å². The number of carbonyl (C=O) groups excluding carboxylic acids is 1. The standard InChI is InChI=1S/C25H31N3O5S/c1-16(2)22(23-24(29)19-11-6-4-5-7-12-20(19)33-25(23)30)17-9-8-10-18(13-17)27-34(31,32)21-14-28(3)15-26-21/h5,7-10,12-16,19,22-24,27,29H,4,6,11H2,1-3H3. The molecule has 0 bridgehead atoms. The Labute approximate surface area is 200 Å². The average molecular weight is 486 g/mol. The van der Waals surface area contributed by atoms with Crippen molar-refractivity contribution in [3.8, 4) is 0 Å². The SMILES string of the molecule is CC(C)C(c1cccc(NS(=O)(=O)c2cn(C)cn2)c1)C1C(=O)OC2=CC=CCCCC2C1O. The molecule has 0 radical (unpaired) electrons. The zero-order valence-electron chi connectivity index (χ0n) is 19.6. The summed E-state index contributed by atoms with van der Waals surface area (Å²) in [5, 5.41) is 11.3. The lowest BCUT2D eigenvalue weighted by Crippen LogP contribution is -2.46. The fraction of sp³-hybridized carbons (Fsp3) is 0.440. The van der Waals surface area contributed by atoms with Crippen molar-refractivity contribution in [2.24, 2.45) is 24.8 Å². The van der Waals surface area contributed by atoms with Crippen LogP contribution in [-0.4, -0.2) is 35.1 Å². The normalized spacial score (nSPS) is 24.0. The van der Waals surface area contributed by atoms with Crippen molar-refractivity contribution in [3.05, 3.63) is 66.3 Å². The van der Waals surface area contributed by atoms with E-state index in [4.69, 9.17) is 4.74 Å². The Balaban J connectivity index is 1.64. The first-order valence-electron chi connectivity index (χ1n) is 11.5. The number of ether oxygens (including phenoxy) is 1. The second-order valence-electron chi connectivity index (χ2n) is 9.35. The molecule has 1 aromatic heterocycles. The van der Waals surface area contributed by atoms with E-state index in [1.54, 1.807) is 35.9 Å². The number of aromatic nitrogens is 2. The van der Waals surface area contributed by atoms with Crippen molar-refractivity contribution in [2.75, 3.05) is 4.72 Å². The van der Waals surface area contributed by atoms with Gasteiger partial charge < -0.3 is 14.4 Å². The lowest BCUT2D eigenvalue weighted by molar-refractivity contribution is -0.161. The van der Waals surface area contributed by atoms with E-state index in [-0.39, 0.29) is 22.8 Å². The summed E-state index contributed by atoms with van der Waals surface area (Å²) < 4.78 is 35.3. The Morgan fingerprint density at radius 2 is 2.09 bits per heavy atom. The van der Waals surface area contributed by atoms with E-state index >= 15 is 0 Å². The molecule has 1 fully saturated rings. The minimum absolute atomic E-state index is 0.00571. The van der Waals surface area contributed by atoms with Crippen LogP contribution in [0.2, 0.25) is 0 Å². The zero-order valence-corrected chi connectivity index (χ0v) is 20.4. The molecule has 4 unspecified atom stereocenters. The lowest BCUT2D eigenvalue weighted by atomic mass is 9.70. The van der Waals surface area contributed by atoms with Gasteiger partial charge in [0.15, 0.2) is 5.03 Å². The number of aliphatic hydroxyl groups is 1. The monoisotopic (exact) mass is 485 g/mol. The van der Waals surface area contributed by atoms with Crippen molar-refractivity contribution >= 4 is 21.7 Å². The molecule has 2 heterocycles. The molecule has 0 spiro atoms. The van der Waals surface area contributed by atoms with Gasteiger partial charge in [-0.25, -0.2) is 4.98 Å². The van der Waals surface area contributed by atoms with Gasteiger partial charge in [0.05, 0.1) is 18.3 Å². The largest absolute Gasteiger partial charge is 0.430 e. The first-order chi connectivity index (χ1) is 16.2. The van der Waals surface area contributed by atoms with Crippen molar-refractivity contribution in [3.63, 3.8) is 0 Å². The number of nitrogens with one attached hydrogen (secondary N) is 1. The maximum absolute atomic E-state index is 13.1. The fourth-order valence-corrected chi connectivity index (χ4v) is 5.95. The summed E-state index contributed by atoms with van der Waals surface area (Å²) >= 11 is 0. The van der Waals surface area contributed by atoms with Crippen LogP contribution in [0.15, 0.2) is 65.8 Å². The van der Waals surface area contributed by atoms with E-state index in [1.165, 1.54) is 12.5 Å². The Morgan fingerprint density at radius 1 is 1.29 bits per heavy atom. The Hall–Kier alpha value is -2.91. The van der Waals surface area contributed by atoms with Crippen LogP contribution in [0.25, 0.3) is 0 Å². The van der Waals surface area contributed by atoms with Gasteiger partial charge in [0.1, 0.15) is 5.76 Å². The third-order valence-electron chi connectivity index (χ3n) is 6.50. The van der Waals surface area contributed by atoms with Gasteiger partial charge in [0, 0.05) is 30.8 Å². The first-order valence-corrected chi connectivity index (χ1v) is 13.0. The second-order valence-corrected chi connectivity index (χ2v) is 11.0. The predicted octanol–water partition coefficient (Wildman–Crippen LogP) is 3.73. The van der Waals surface area contributed by atoms with Crippen LogP contribution in [0.1, 0.15) is 44.6 Å². The van der Waals surface area contributed by atoms with Crippen LogP contribution >= 0.6 is 0 Å². The smallest absolute Gasteiger partial charge is 0.317 e. The van der Waals surface area contributed by atoms with Crippen LogP contribution < -0.4 is 4.72 Å². The summed E-state index contributed by atoms with van der Waals surface area (Å²) in [7, 11) is -2.17. The topological polar surface area (TPSA) is 111 Å². The first kappa shape index (κ1) is 24.2. The summed E-state index contributed by atoms with van der Waals surface area (Å²) in [5.74, 6) is -1.31. The summed E-state index contributed by atoms with van der Waals surface area (Å²) in [6.07, 6.45) is 10.2. The molecule has 1 aliphatic carbocycles. The summed E-state index contributed by atoms with van der Waals surface area (Å²) in [4.78, 5) is 17.0. The molecule has 0 saturated carbocycles. The van der Waals surface area contributed by atoms with Crippen LogP contribution in [0.5, 0.6) is 0 Å². The van der Waals surface area contributed by atoms with Crippen molar-refractivity contribution in [1.82, 2.24) is 9.55 Å². The van der Waals surface area contributed by atoms with Gasteiger partial charge in [-0.2, -0.15) is 8.42 Å². The molecule has 1 saturated heterocycles. The molecule has 4 rings (SSSR count). The average Bonchev–Trinajstić information content (AvgIpc) is 3.19. The molecular formula is C25H31N3O5S. The summed E-state index contributed by atoms with van der Waals surface area (Å²) in [5.41, 5.74) is 1.12. The van der Waals surface area contributed by atoms with E-state index < -0.39 is 28.0 Å². The third kappa shape index (κ3) is 4.95. The number of sulfonamides is 1. The van der Waals surface area contributed by atoms with E-state index in [0.29, 0.717) is 11.4 Å². The number of imidazole rings is 1. The number of rotatable bonds is 6. The molecule has 1 aliphatic heterocycles. The van der Waals surface area contributed by atoms with Crippen molar-refractivity contribution in [2.45, 2.75) is 50.2 Å². The zero-order chi connectivity index (χ0) is 24.5. The Kier molecular flexibility index (Phi) is 6.95. The Bertz CT molecular complexity index is 1210. The summed E-state index contributed by atoms with van der Waals surface area (Å²) in [6, 6.07) is 6.97. The number of fused-ring (bicyclic) bond motifs is 1. The third-order valence-corrected chi connectivity index (χ3v) is 7.77. The van der Waals surface area contributed by atoms with Gasteiger partial charge in [-0.1, -0.05) is 38.1 Å². The number of anilines is 1. The van der Waals surface area contributed by atoms with Gasteiger partial charge in [0.2, 0.25) is 0 Å². The number of hydrogen-bond acceptors (Lipinski definition) is 6. The number of allylic oxidation sites excluding steroid dienone is 3. The maximum atomic E-state index is 13.1. The lowest BCUT2D eigenvalue weighted by Gasteiger charge is -2.40. The highest BCUT2D eigenvalue weighted by Crippen LogP contribution is 2.44. The fourth-order valence-electron chi connectivity index (χ4n) is 4.91. The highest BCUT2D eigenvalue weighted by Gasteiger charge is 2.47. The van der Waals surface area contributed by atoms with Gasteiger partial charge in [-0.3, -0.25) is 9.52 Å². The van der Waals surface area contributed by atoms with E-state index in [2.05, 4.69) is 9.71 Å².